The zero-order valence-corrected chi connectivity index (χ0v) is 6.50. The lowest BCUT2D eigenvalue weighted by molar-refractivity contribution is -0.0329. The van der Waals surface area contributed by atoms with Crippen LogP contribution in [0.15, 0.2) is 28.0 Å². The lowest BCUT2D eigenvalue weighted by atomic mass is 10.5. The number of aromatic nitrogens is 1. The van der Waals surface area contributed by atoms with E-state index in [9.17, 15) is 18.0 Å². The van der Waals surface area contributed by atoms with E-state index in [1.165, 1.54) is 12.1 Å². The molecule has 0 radical (unpaired) electrons. The van der Waals surface area contributed by atoms with Crippen LogP contribution in [0.4, 0.5) is 13.2 Å². The Morgan fingerprint density at radius 3 is 2.50 bits per heavy atom. The molecule has 12 heavy (non-hydrogen) atoms. The highest BCUT2D eigenvalue weighted by Crippen LogP contribution is 2.34. The van der Waals surface area contributed by atoms with E-state index in [0.29, 0.717) is 0 Å². The van der Waals surface area contributed by atoms with Crippen molar-refractivity contribution in [2.45, 2.75) is 10.5 Å². The van der Waals surface area contributed by atoms with Gasteiger partial charge in [-0.05, 0) is 6.07 Å². The third-order valence-corrected chi connectivity index (χ3v) is 1.66. The van der Waals surface area contributed by atoms with Gasteiger partial charge in [0.15, 0.2) is 0 Å². The molecular formula is C6H4F3NOS. The summed E-state index contributed by atoms with van der Waals surface area (Å²) in [6, 6.07) is 3.62. The summed E-state index contributed by atoms with van der Waals surface area (Å²) in [5.74, 6) is 0. The van der Waals surface area contributed by atoms with E-state index in [4.69, 9.17) is 0 Å². The monoisotopic (exact) mass is 195 g/mol. The SMILES string of the molecule is O=c1cccc(SC(F)(F)F)[nH]1. The van der Waals surface area contributed by atoms with Crippen LogP contribution in [-0.4, -0.2) is 10.5 Å². The van der Waals surface area contributed by atoms with E-state index in [-0.39, 0.29) is 16.8 Å². The van der Waals surface area contributed by atoms with Crippen LogP contribution < -0.4 is 5.56 Å². The molecule has 0 spiro atoms. The summed E-state index contributed by atoms with van der Waals surface area (Å²) in [7, 11) is 0. The highest BCUT2D eigenvalue weighted by molar-refractivity contribution is 8.00. The molecule has 0 saturated heterocycles. The minimum atomic E-state index is -4.36. The van der Waals surface area contributed by atoms with Gasteiger partial charge in [-0.3, -0.25) is 4.79 Å². The van der Waals surface area contributed by atoms with Crippen molar-refractivity contribution in [2.24, 2.45) is 0 Å². The third kappa shape index (κ3) is 3.00. The van der Waals surface area contributed by atoms with E-state index >= 15 is 0 Å². The third-order valence-electron chi connectivity index (χ3n) is 0.967. The zero-order chi connectivity index (χ0) is 9.19. The van der Waals surface area contributed by atoms with Crippen molar-refractivity contribution >= 4 is 11.8 Å². The number of H-pyrrole nitrogens is 1. The van der Waals surface area contributed by atoms with Crippen LogP contribution in [0.5, 0.6) is 0 Å². The van der Waals surface area contributed by atoms with Crippen LogP contribution in [-0.2, 0) is 0 Å². The van der Waals surface area contributed by atoms with Crippen molar-refractivity contribution in [1.82, 2.24) is 4.98 Å². The summed E-state index contributed by atoms with van der Waals surface area (Å²) in [6.07, 6.45) is 0. The molecule has 0 aliphatic rings. The summed E-state index contributed by atoms with van der Waals surface area (Å²) < 4.78 is 35.1. The van der Waals surface area contributed by atoms with E-state index < -0.39 is 11.1 Å². The first-order valence-electron chi connectivity index (χ1n) is 2.92. The number of pyridine rings is 1. The Morgan fingerprint density at radius 1 is 1.33 bits per heavy atom. The van der Waals surface area contributed by atoms with Gasteiger partial charge in [0.25, 0.3) is 0 Å². The molecule has 0 fully saturated rings. The largest absolute Gasteiger partial charge is 0.447 e. The molecule has 0 aromatic carbocycles. The van der Waals surface area contributed by atoms with Crippen LogP contribution in [0.1, 0.15) is 0 Å². The molecule has 1 aromatic rings. The maximum atomic E-state index is 11.7. The molecule has 1 N–H and O–H groups in total. The summed E-state index contributed by atoms with van der Waals surface area (Å²) >= 11 is -0.341. The van der Waals surface area contributed by atoms with Crippen molar-refractivity contribution in [2.75, 3.05) is 0 Å². The van der Waals surface area contributed by atoms with Gasteiger partial charge in [0.05, 0.1) is 5.03 Å². The van der Waals surface area contributed by atoms with Crippen molar-refractivity contribution in [3.63, 3.8) is 0 Å². The Labute approximate surface area is 69.8 Å². The summed E-state index contributed by atoms with van der Waals surface area (Å²) in [6.45, 7) is 0. The van der Waals surface area contributed by atoms with E-state index in [1.807, 2.05) is 0 Å². The molecular weight excluding hydrogens is 191 g/mol. The van der Waals surface area contributed by atoms with Gasteiger partial charge in [0.1, 0.15) is 0 Å². The molecule has 1 rings (SSSR count). The normalized spacial score (nSPS) is 11.6. The van der Waals surface area contributed by atoms with Crippen molar-refractivity contribution in [3.05, 3.63) is 28.6 Å². The van der Waals surface area contributed by atoms with Gasteiger partial charge in [0, 0.05) is 17.8 Å². The van der Waals surface area contributed by atoms with E-state index in [1.54, 1.807) is 0 Å². The number of aromatic amines is 1. The second-order valence-electron chi connectivity index (χ2n) is 1.93. The molecule has 0 aliphatic carbocycles. The first kappa shape index (κ1) is 9.18. The van der Waals surface area contributed by atoms with Crippen LogP contribution >= 0.6 is 11.8 Å². The van der Waals surface area contributed by atoms with Crippen molar-refractivity contribution < 1.29 is 13.2 Å². The highest BCUT2D eigenvalue weighted by atomic mass is 32.2. The fraction of sp³-hybridized carbons (Fsp3) is 0.167. The van der Waals surface area contributed by atoms with Crippen LogP contribution in [0.2, 0.25) is 0 Å². The average molecular weight is 195 g/mol. The predicted octanol–water partition coefficient (Wildman–Crippen LogP) is 1.99. The van der Waals surface area contributed by atoms with Crippen LogP contribution in [0, 0.1) is 0 Å². The first-order valence-corrected chi connectivity index (χ1v) is 3.74. The molecule has 0 bridgehead atoms. The Balaban J connectivity index is 2.84. The maximum Gasteiger partial charge on any atom is 0.447 e. The Hall–Kier alpha value is -0.910. The first-order chi connectivity index (χ1) is 5.47. The fourth-order valence-electron chi connectivity index (χ4n) is 0.612. The van der Waals surface area contributed by atoms with E-state index in [0.717, 1.165) is 6.07 Å². The summed E-state index contributed by atoms with van der Waals surface area (Å²) in [5.41, 5.74) is -4.89. The van der Waals surface area contributed by atoms with Gasteiger partial charge in [-0.25, -0.2) is 0 Å². The zero-order valence-electron chi connectivity index (χ0n) is 5.68. The molecule has 0 saturated carbocycles. The number of rotatable bonds is 1. The molecule has 6 heteroatoms. The average Bonchev–Trinajstić information content (AvgIpc) is 1.82. The summed E-state index contributed by atoms with van der Waals surface area (Å²) in [5, 5.41) is -0.199. The molecule has 66 valence electrons. The molecule has 1 aromatic heterocycles. The number of hydrogen-bond donors (Lipinski definition) is 1. The minimum Gasteiger partial charge on any atom is -0.317 e. The van der Waals surface area contributed by atoms with Gasteiger partial charge in [-0.15, -0.1) is 0 Å². The second-order valence-corrected chi connectivity index (χ2v) is 3.03. The maximum absolute atomic E-state index is 11.7. The smallest absolute Gasteiger partial charge is 0.317 e. The highest BCUT2D eigenvalue weighted by Gasteiger charge is 2.29. The van der Waals surface area contributed by atoms with Gasteiger partial charge >= 0.3 is 5.51 Å². The van der Waals surface area contributed by atoms with Gasteiger partial charge in [-0.2, -0.15) is 13.2 Å². The van der Waals surface area contributed by atoms with Gasteiger partial charge in [0.2, 0.25) is 5.56 Å². The standard InChI is InChI=1S/C6H4F3NOS/c7-6(8,9)12-5-3-1-2-4(11)10-5/h1-3H,(H,10,11). The number of halogens is 3. The van der Waals surface area contributed by atoms with Crippen LogP contribution in [0.3, 0.4) is 0 Å². The van der Waals surface area contributed by atoms with Gasteiger partial charge < -0.3 is 4.98 Å². The lowest BCUT2D eigenvalue weighted by Crippen LogP contribution is -2.06. The Bertz CT molecular complexity index is 319. The summed E-state index contributed by atoms with van der Waals surface area (Å²) in [4.78, 5) is 12.6. The number of alkyl halides is 3. The van der Waals surface area contributed by atoms with Crippen molar-refractivity contribution in [3.8, 4) is 0 Å². The Morgan fingerprint density at radius 2 is 2.00 bits per heavy atom. The minimum absolute atomic E-state index is 0.199. The molecule has 0 amide bonds. The topological polar surface area (TPSA) is 32.9 Å². The molecule has 2 nitrogen and oxygen atoms in total. The molecule has 1 heterocycles. The number of thioether (sulfide) groups is 1. The quantitative estimate of drug-likeness (QED) is 0.695. The Kier molecular flexibility index (Phi) is 2.46. The molecule has 0 atom stereocenters. The second kappa shape index (κ2) is 3.22. The van der Waals surface area contributed by atoms with Gasteiger partial charge in [-0.1, -0.05) is 6.07 Å². The predicted molar refractivity (Wildman–Crippen MR) is 39.0 cm³/mol. The lowest BCUT2D eigenvalue weighted by Gasteiger charge is -2.03. The van der Waals surface area contributed by atoms with E-state index in [2.05, 4.69) is 4.98 Å². The van der Waals surface area contributed by atoms with Crippen LogP contribution in [0.25, 0.3) is 0 Å². The number of hydrogen-bond acceptors (Lipinski definition) is 2. The number of nitrogens with one attached hydrogen (secondary N) is 1. The molecule has 0 aliphatic heterocycles. The molecule has 0 unspecified atom stereocenters. The van der Waals surface area contributed by atoms with Crippen molar-refractivity contribution in [1.29, 1.82) is 0 Å². The fourth-order valence-corrected chi connectivity index (χ4v) is 1.16.